The topological polar surface area (TPSA) is 44.2 Å². The van der Waals surface area contributed by atoms with E-state index in [0.717, 1.165) is 43.1 Å². The molecule has 0 amide bonds. The number of unbranched alkanes of at least 4 members (excludes halogenated alkanes) is 10. The molecule has 0 saturated carbocycles. The highest BCUT2D eigenvalue weighted by atomic mass is 16.5. The molecule has 30 heavy (non-hydrogen) atoms. The van der Waals surface area contributed by atoms with Gasteiger partial charge in [0.2, 0.25) is 0 Å². The van der Waals surface area contributed by atoms with Crippen LogP contribution < -0.4 is 9.47 Å². The van der Waals surface area contributed by atoms with Crippen molar-refractivity contribution < 1.29 is 9.47 Å². The molecular weight excluding hydrogens is 372 g/mol. The predicted octanol–water partition coefficient (Wildman–Crippen LogP) is 7.62. The van der Waals surface area contributed by atoms with Gasteiger partial charge in [-0.05, 0) is 37.1 Å². The first-order valence-electron chi connectivity index (χ1n) is 12.0. The van der Waals surface area contributed by atoms with Gasteiger partial charge in [-0.25, -0.2) is 9.97 Å². The molecule has 0 bridgehead atoms. The second kappa shape index (κ2) is 15.7. The number of hydrogen-bond acceptors (Lipinski definition) is 4. The van der Waals surface area contributed by atoms with E-state index in [-0.39, 0.29) is 0 Å². The Morgan fingerprint density at radius 3 is 1.57 bits per heavy atom. The third-order valence-corrected chi connectivity index (χ3v) is 5.27. The van der Waals surface area contributed by atoms with E-state index < -0.39 is 0 Å². The Kier molecular flexibility index (Phi) is 12.7. The first-order chi connectivity index (χ1) is 14.8. The normalized spacial score (nSPS) is 10.9. The van der Waals surface area contributed by atoms with E-state index in [4.69, 9.17) is 9.47 Å². The minimum Gasteiger partial charge on any atom is -0.494 e. The lowest BCUT2D eigenvalue weighted by molar-refractivity contribution is 0.302. The Morgan fingerprint density at radius 1 is 0.567 bits per heavy atom. The molecule has 1 heterocycles. The summed E-state index contributed by atoms with van der Waals surface area (Å²) in [6.07, 6.45) is 18.8. The molecule has 0 N–H and O–H groups in total. The van der Waals surface area contributed by atoms with Crippen LogP contribution in [0.15, 0.2) is 36.7 Å². The van der Waals surface area contributed by atoms with E-state index in [1.165, 1.54) is 64.2 Å². The highest BCUT2D eigenvalue weighted by Gasteiger charge is 2.03. The summed E-state index contributed by atoms with van der Waals surface area (Å²) in [4.78, 5) is 8.91. The molecule has 1 aromatic carbocycles. The van der Waals surface area contributed by atoms with E-state index in [9.17, 15) is 0 Å². The Hall–Kier alpha value is -2.10. The van der Waals surface area contributed by atoms with Crippen molar-refractivity contribution in [2.45, 2.75) is 90.9 Å². The number of benzene rings is 1. The molecule has 4 heteroatoms. The molecule has 166 valence electrons. The molecule has 4 nitrogen and oxygen atoms in total. The van der Waals surface area contributed by atoms with Crippen LogP contribution >= 0.6 is 0 Å². The van der Waals surface area contributed by atoms with Gasteiger partial charge in [-0.2, -0.15) is 0 Å². The number of ether oxygens (including phenoxy) is 2. The van der Waals surface area contributed by atoms with Crippen LogP contribution in [0.2, 0.25) is 0 Å². The summed E-state index contributed by atoms with van der Waals surface area (Å²) in [6, 6.07) is 8.02. The van der Waals surface area contributed by atoms with Crippen molar-refractivity contribution >= 4 is 0 Å². The predicted molar refractivity (Wildman–Crippen MR) is 125 cm³/mol. The second-order valence-corrected chi connectivity index (χ2v) is 8.00. The smallest absolute Gasteiger partial charge is 0.159 e. The lowest BCUT2D eigenvalue weighted by atomic mass is 10.1. The van der Waals surface area contributed by atoms with Gasteiger partial charge in [-0.1, -0.05) is 78.1 Å². The fourth-order valence-corrected chi connectivity index (χ4v) is 3.38. The van der Waals surface area contributed by atoms with Crippen LogP contribution in [0.4, 0.5) is 0 Å². The van der Waals surface area contributed by atoms with Crippen molar-refractivity contribution in [2.24, 2.45) is 0 Å². The van der Waals surface area contributed by atoms with Gasteiger partial charge in [0.25, 0.3) is 0 Å². The molecule has 0 atom stereocenters. The molecule has 0 spiro atoms. The standard InChI is InChI=1S/C26H40N2O2/c1-3-5-7-9-10-12-14-20-30-25-21-27-26(28-22-25)23-15-17-24(18-16-23)29-19-13-11-8-6-4-2/h15-18,21-22H,3-14,19-20H2,1-2H3. The van der Waals surface area contributed by atoms with E-state index in [2.05, 4.69) is 23.8 Å². The summed E-state index contributed by atoms with van der Waals surface area (Å²) >= 11 is 0. The maximum atomic E-state index is 5.83. The lowest BCUT2D eigenvalue weighted by Gasteiger charge is -2.08. The second-order valence-electron chi connectivity index (χ2n) is 8.00. The fraction of sp³-hybridized carbons (Fsp3) is 0.615. The van der Waals surface area contributed by atoms with Crippen molar-refractivity contribution in [1.82, 2.24) is 9.97 Å². The Balaban J connectivity index is 1.65. The van der Waals surface area contributed by atoms with Crippen LogP contribution in [0, 0.1) is 0 Å². The summed E-state index contributed by atoms with van der Waals surface area (Å²) < 4.78 is 11.6. The van der Waals surface area contributed by atoms with Crippen LogP contribution in [-0.4, -0.2) is 23.2 Å². The molecule has 1 aromatic heterocycles. The zero-order chi connectivity index (χ0) is 21.3. The van der Waals surface area contributed by atoms with Crippen molar-refractivity contribution in [3.63, 3.8) is 0 Å². The third-order valence-electron chi connectivity index (χ3n) is 5.27. The minimum atomic E-state index is 0.712. The van der Waals surface area contributed by atoms with E-state index in [0.29, 0.717) is 5.82 Å². The molecular formula is C26H40N2O2. The van der Waals surface area contributed by atoms with E-state index >= 15 is 0 Å². The number of hydrogen-bond donors (Lipinski definition) is 0. The Morgan fingerprint density at radius 2 is 1.03 bits per heavy atom. The van der Waals surface area contributed by atoms with Gasteiger partial charge >= 0.3 is 0 Å². The van der Waals surface area contributed by atoms with Gasteiger partial charge in [-0.3, -0.25) is 0 Å². The highest BCUT2D eigenvalue weighted by molar-refractivity contribution is 5.56. The van der Waals surface area contributed by atoms with Crippen molar-refractivity contribution in [1.29, 1.82) is 0 Å². The summed E-state index contributed by atoms with van der Waals surface area (Å²) in [5, 5.41) is 0. The third kappa shape index (κ3) is 10.1. The van der Waals surface area contributed by atoms with E-state index in [1.54, 1.807) is 12.4 Å². The number of rotatable bonds is 17. The molecule has 0 aliphatic carbocycles. The summed E-state index contributed by atoms with van der Waals surface area (Å²) in [5.41, 5.74) is 0.990. The number of aromatic nitrogens is 2. The largest absolute Gasteiger partial charge is 0.494 e. The SMILES string of the molecule is CCCCCCCCCOc1cnc(-c2ccc(OCCCCCCC)cc2)nc1. The lowest BCUT2D eigenvalue weighted by Crippen LogP contribution is -1.99. The molecule has 2 aromatic rings. The van der Waals surface area contributed by atoms with Gasteiger partial charge < -0.3 is 9.47 Å². The monoisotopic (exact) mass is 412 g/mol. The van der Waals surface area contributed by atoms with Crippen LogP contribution in [-0.2, 0) is 0 Å². The van der Waals surface area contributed by atoms with Gasteiger partial charge in [0.15, 0.2) is 11.6 Å². The summed E-state index contributed by atoms with van der Waals surface area (Å²) in [5.74, 6) is 2.36. The molecule has 0 radical (unpaired) electrons. The van der Waals surface area contributed by atoms with Gasteiger partial charge in [0, 0.05) is 5.56 Å². The van der Waals surface area contributed by atoms with Crippen LogP contribution in [0.3, 0.4) is 0 Å². The van der Waals surface area contributed by atoms with Gasteiger partial charge in [0.1, 0.15) is 5.75 Å². The fourth-order valence-electron chi connectivity index (χ4n) is 3.38. The van der Waals surface area contributed by atoms with Gasteiger partial charge in [-0.15, -0.1) is 0 Å². The number of nitrogens with zero attached hydrogens (tertiary/aromatic N) is 2. The first-order valence-corrected chi connectivity index (χ1v) is 12.0. The van der Waals surface area contributed by atoms with Crippen LogP contribution in [0.25, 0.3) is 11.4 Å². The average Bonchev–Trinajstić information content (AvgIpc) is 2.79. The molecule has 0 unspecified atom stereocenters. The molecule has 2 rings (SSSR count). The highest BCUT2D eigenvalue weighted by Crippen LogP contribution is 2.21. The van der Waals surface area contributed by atoms with Gasteiger partial charge in [0.05, 0.1) is 25.6 Å². The maximum Gasteiger partial charge on any atom is 0.159 e. The average molecular weight is 413 g/mol. The summed E-state index contributed by atoms with van der Waals surface area (Å²) in [6.45, 7) is 6.01. The minimum absolute atomic E-state index is 0.712. The molecule has 0 saturated heterocycles. The van der Waals surface area contributed by atoms with E-state index in [1.807, 2.05) is 24.3 Å². The Labute approximate surface area is 183 Å². The summed E-state index contributed by atoms with van der Waals surface area (Å²) in [7, 11) is 0. The van der Waals surface area contributed by atoms with Crippen LogP contribution in [0.5, 0.6) is 11.5 Å². The van der Waals surface area contributed by atoms with Crippen molar-refractivity contribution in [2.75, 3.05) is 13.2 Å². The quantitative estimate of drug-likeness (QED) is 0.251. The Bertz CT molecular complexity index is 656. The molecule has 0 aliphatic rings. The van der Waals surface area contributed by atoms with Crippen molar-refractivity contribution in [3.05, 3.63) is 36.7 Å². The molecule has 0 aliphatic heterocycles. The van der Waals surface area contributed by atoms with Crippen LogP contribution in [0.1, 0.15) is 90.9 Å². The zero-order valence-corrected chi connectivity index (χ0v) is 19.1. The zero-order valence-electron chi connectivity index (χ0n) is 19.1. The first kappa shape index (κ1) is 24.2. The van der Waals surface area contributed by atoms with Crippen molar-refractivity contribution in [3.8, 4) is 22.9 Å². The maximum absolute atomic E-state index is 5.83. The molecule has 0 fully saturated rings.